The van der Waals surface area contributed by atoms with Crippen LogP contribution in [-0.2, 0) is 13.5 Å². The van der Waals surface area contributed by atoms with Crippen molar-refractivity contribution in [1.29, 1.82) is 0 Å². The zero-order valence-electron chi connectivity index (χ0n) is 18.9. The molecule has 2 unspecified atom stereocenters. The number of fused-ring (bicyclic) bond motifs is 5. The minimum absolute atomic E-state index is 0.0714. The van der Waals surface area contributed by atoms with Gasteiger partial charge in [0.1, 0.15) is 11.3 Å². The molecule has 0 saturated carbocycles. The van der Waals surface area contributed by atoms with Gasteiger partial charge in [-0.25, -0.2) is 18.2 Å². The smallest absolute Gasteiger partial charge is 0.273 e. The van der Waals surface area contributed by atoms with Gasteiger partial charge in [-0.1, -0.05) is 6.07 Å². The Morgan fingerprint density at radius 2 is 1.82 bits per heavy atom. The Bertz CT molecular complexity index is 1480. The molecule has 9 heteroatoms. The summed E-state index contributed by atoms with van der Waals surface area (Å²) in [7, 11) is 1.70. The van der Waals surface area contributed by atoms with E-state index in [2.05, 4.69) is 10.1 Å². The zero-order chi connectivity index (χ0) is 23.9. The first-order chi connectivity index (χ1) is 16.2. The molecule has 2 atom stereocenters. The Balaban J connectivity index is 1.44. The molecule has 1 fully saturated rings. The lowest BCUT2D eigenvalue weighted by Crippen LogP contribution is -2.42. The van der Waals surface area contributed by atoms with E-state index in [0.29, 0.717) is 23.5 Å². The van der Waals surface area contributed by atoms with Crippen molar-refractivity contribution in [3.63, 3.8) is 0 Å². The molecule has 1 saturated heterocycles. The van der Waals surface area contributed by atoms with Crippen molar-refractivity contribution in [1.82, 2.24) is 24.1 Å². The summed E-state index contributed by atoms with van der Waals surface area (Å²) in [6.07, 6.45) is 3.98. The SMILES string of the molecule is Cc1ccc2nc(C)c(C(=O)N3C4CCC3c3nn(C)c(-c5cc(F)c(F)c(F)c5)c3C4)n2c1. The van der Waals surface area contributed by atoms with Gasteiger partial charge in [-0.15, -0.1) is 0 Å². The van der Waals surface area contributed by atoms with E-state index in [0.717, 1.165) is 47.4 Å². The summed E-state index contributed by atoms with van der Waals surface area (Å²) >= 11 is 0. The summed E-state index contributed by atoms with van der Waals surface area (Å²) in [6.45, 7) is 3.81. The van der Waals surface area contributed by atoms with Crippen LogP contribution in [0.25, 0.3) is 16.9 Å². The third-order valence-corrected chi connectivity index (χ3v) is 7.07. The van der Waals surface area contributed by atoms with Crippen LogP contribution in [0.2, 0.25) is 0 Å². The molecule has 3 aromatic heterocycles. The first-order valence-corrected chi connectivity index (χ1v) is 11.2. The van der Waals surface area contributed by atoms with Crippen LogP contribution in [0.3, 0.4) is 0 Å². The molecule has 6 rings (SSSR count). The lowest BCUT2D eigenvalue weighted by Gasteiger charge is -2.34. The number of hydrogen-bond donors (Lipinski definition) is 0. The fraction of sp³-hybridized carbons (Fsp3) is 0.320. The second-order valence-electron chi connectivity index (χ2n) is 9.23. The highest BCUT2D eigenvalue weighted by Gasteiger charge is 2.46. The summed E-state index contributed by atoms with van der Waals surface area (Å²) in [5, 5.41) is 4.66. The average molecular weight is 465 g/mol. The lowest BCUT2D eigenvalue weighted by molar-refractivity contribution is 0.0634. The van der Waals surface area contributed by atoms with Crippen molar-refractivity contribution < 1.29 is 18.0 Å². The molecule has 0 N–H and O–H groups in total. The minimum atomic E-state index is -1.49. The van der Waals surface area contributed by atoms with Gasteiger partial charge in [0.15, 0.2) is 17.5 Å². The standard InChI is InChI=1S/C25H22F3N5O/c1-12-4-7-20-29-13(2)23(32(20)11-12)25(34)33-15-5-6-19(33)22-16(10-15)24(31(3)30-22)14-8-17(26)21(28)18(27)9-14/h4,7-9,11,15,19H,5-6,10H2,1-3H3. The highest BCUT2D eigenvalue weighted by Crippen LogP contribution is 2.47. The molecule has 6 nitrogen and oxygen atoms in total. The number of halogens is 3. The number of amides is 1. The van der Waals surface area contributed by atoms with E-state index < -0.39 is 17.5 Å². The van der Waals surface area contributed by atoms with Crippen molar-refractivity contribution in [2.75, 3.05) is 0 Å². The number of pyridine rings is 1. The summed E-state index contributed by atoms with van der Waals surface area (Å²) < 4.78 is 44.9. The molecule has 4 aromatic rings. The number of carbonyl (C=O) groups is 1. The van der Waals surface area contributed by atoms with Gasteiger partial charge in [0.2, 0.25) is 0 Å². The third kappa shape index (κ3) is 2.85. The number of hydrogen-bond acceptors (Lipinski definition) is 3. The predicted molar refractivity (Wildman–Crippen MR) is 119 cm³/mol. The van der Waals surface area contributed by atoms with Gasteiger partial charge in [-0.3, -0.25) is 13.9 Å². The van der Waals surface area contributed by atoms with Crippen LogP contribution in [0.4, 0.5) is 13.2 Å². The van der Waals surface area contributed by atoms with Gasteiger partial charge in [0.25, 0.3) is 5.91 Å². The van der Waals surface area contributed by atoms with Gasteiger partial charge in [0, 0.05) is 30.4 Å². The van der Waals surface area contributed by atoms with Crippen LogP contribution in [0.15, 0.2) is 30.5 Å². The number of rotatable bonds is 2. The average Bonchev–Trinajstić information content (AvgIpc) is 3.41. The minimum Gasteiger partial charge on any atom is -0.325 e. The zero-order valence-corrected chi connectivity index (χ0v) is 18.9. The van der Waals surface area contributed by atoms with Gasteiger partial charge < -0.3 is 4.90 Å². The Kier molecular flexibility index (Phi) is 4.43. The fourth-order valence-electron chi connectivity index (χ4n) is 5.65. The predicted octanol–water partition coefficient (Wildman–Crippen LogP) is 4.67. The molecule has 0 radical (unpaired) electrons. The maximum Gasteiger partial charge on any atom is 0.273 e. The maximum atomic E-state index is 14.0. The number of aromatic nitrogens is 4. The topological polar surface area (TPSA) is 55.4 Å². The van der Waals surface area contributed by atoms with Gasteiger partial charge in [-0.2, -0.15) is 5.10 Å². The number of benzene rings is 1. The maximum absolute atomic E-state index is 14.0. The van der Waals surface area contributed by atoms with E-state index in [4.69, 9.17) is 0 Å². The number of imidazole rings is 1. The number of aryl methyl sites for hydroxylation is 3. The molecule has 34 heavy (non-hydrogen) atoms. The Morgan fingerprint density at radius 1 is 1.09 bits per heavy atom. The van der Waals surface area contributed by atoms with Crippen LogP contribution >= 0.6 is 0 Å². The Morgan fingerprint density at radius 3 is 2.56 bits per heavy atom. The summed E-state index contributed by atoms with van der Waals surface area (Å²) in [5.74, 6) is -4.06. The van der Waals surface area contributed by atoms with Crippen molar-refractivity contribution in [2.45, 2.75) is 45.2 Å². The van der Waals surface area contributed by atoms with Crippen LogP contribution in [0.1, 0.15) is 51.9 Å². The monoisotopic (exact) mass is 465 g/mol. The summed E-state index contributed by atoms with van der Waals surface area (Å²) in [5.41, 5.74) is 5.33. The van der Waals surface area contributed by atoms with Crippen molar-refractivity contribution in [3.05, 3.63) is 76.1 Å². The van der Waals surface area contributed by atoms with Gasteiger partial charge >= 0.3 is 0 Å². The Labute approximate surface area is 193 Å². The third-order valence-electron chi connectivity index (χ3n) is 7.07. The van der Waals surface area contributed by atoms with E-state index >= 15 is 0 Å². The second kappa shape index (κ2) is 7.19. The van der Waals surface area contributed by atoms with Crippen LogP contribution < -0.4 is 0 Å². The van der Waals surface area contributed by atoms with Crippen molar-refractivity contribution in [3.8, 4) is 11.3 Å². The number of carbonyl (C=O) groups excluding carboxylic acids is 1. The van der Waals surface area contributed by atoms with Crippen LogP contribution in [0, 0.1) is 31.3 Å². The van der Waals surface area contributed by atoms with E-state index in [9.17, 15) is 18.0 Å². The molecule has 2 aliphatic heterocycles. The molecule has 5 heterocycles. The van der Waals surface area contributed by atoms with Crippen molar-refractivity contribution in [2.24, 2.45) is 7.05 Å². The first-order valence-electron chi connectivity index (χ1n) is 11.2. The number of nitrogens with zero attached hydrogens (tertiary/aromatic N) is 5. The quantitative estimate of drug-likeness (QED) is 0.405. The second-order valence-corrected chi connectivity index (χ2v) is 9.23. The lowest BCUT2D eigenvalue weighted by atomic mass is 9.94. The molecule has 2 bridgehead atoms. The summed E-state index contributed by atoms with van der Waals surface area (Å²) in [4.78, 5) is 20.3. The molecule has 1 aromatic carbocycles. The van der Waals surface area contributed by atoms with Crippen LogP contribution in [-0.4, -0.2) is 36.0 Å². The molecule has 2 aliphatic rings. The Hall–Kier alpha value is -3.62. The van der Waals surface area contributed by atoms with Crippen LogP contribution in [0.5, 0.6) is 0 Å². The van der Waals surface area contributed by atoms with E-state index in [-0.39, 0.29) is 23.6 Å². The summed E-state index contributed by atoms with van der Waals surface area (Å²) in [6, 6.07) is 5.54. The molecule has 1 amide bonds. The molecule has 0 aliphatic carbocycles. The van der Waals surface area contributed by atoms with Gasteiger partial charge in [-0.05, 0) is 56.9 Å². The first kappa shape index (κ1) is 20.9. The largest absolute Gasteiger partial charge is 0.325 e. The molecule has 0 spiro atoms. The molecular weight excluding hydrogens is 443 g/mol. The highest BCUT2D eigenvalue weighted by atomic mass is 19.2. The van der Waals surface area contributed by atoms with E-state index in [1.54, 1.807) is 11.7 Å². The van der Waals surface area contributed by atoms with Crippen molar-refractivity contribution >= 4 is 11.6 Å². The van der Waals surface area contributed by atoms with E-state index in [1.165, 1.54) is 0 Å². The van der Waals surface area contributed by atoms with E-state index in [1.807, 2.05) is 41.5 Å². The molecular formula is C25H22F3N5O. The van der Waals surface area contributed by atoms with Gasteiger partial charge in [0.05, 0.1) is 23.1 Å². The molecule has 174 valence electrons. The normalized spacial score (nSPS) is 19.2. The fourth-order valence-corrected chi connectivity index (χ4v) is 5.65. The highest BCUT2D eigenvalue weighted by molar-refractivity contribution is 5.95.